The van der Waals surface area contributed by atoms with Crippen LogP contribution in [0.1, 0.15) is 41.3 Å². The van der Waals surface area contributed by atoms with E-state index >= 15 is 0 Å². The van der Waals surface area contributed by atoms with Gasteiger partial charge in [-0.3, -0.25) is 4.98 Å². The van der Waals surface area contributed by atoms with E-state index in [4.69, 9.17) is 4.98 Å². The molecule has 0 atom stereocenters. The Balaban J connectivity index is 1.67. The fraction of sp³-hybridized carbons (Fsp3) is 0.185. The highest BCUT2D eigenvalue weighted by Crippen LogP contribution is 2.26. The van der Waals surface area contributed by atoms with E-state index in [1.165, 1.54) is 27.8 Å². The van der Waals surface area contributed by atoms with E-state index in [2.05, 4.69) is 68.4 Å². The smallest absolute Gasteiger partial charge is 0.0998 e. The maximum atomic E-state index is 9.36. The van der Waals surface area contributed by atoms with Crippen molar-refractivity contribution in [1.29, 1.82) is 5.26 Å². The molecule has 0 saturated carbocycles. The normalized spacial score (nSPS) is 10.8. The van der Waals surface area contributed by atoms with Crippen LogP contribution in [-0.4, -0.2) is 4.98 Å². The molecule has 0 radical (unpaired) electrons. The van der Waals surface area contributed by atoms with Crippen molar-refractivity contribution >= 4 is 10.9 Å². The Morgan fingerprint density at radius 3 is 2.48 bits per heavy atom. The lowest BCUT2D eigenvalue weighted by Gasteiger charge is -2.12. The van der Waals surface area contributed by atoms with Crippen molar-refractivity contribution in [3.8, 4) is 17.2 Å². The van der Waals surface area contributed by atoms with Gasteiger partial charge in [0.25, 0.3) is 0 Å². The summed E-state index contributed by atoms with van der Waals surface area (Å²) in [6.45, 7) is 4.32. The van der Waals surface area contributed by atoms with Gasteiger partial charge in [0.15, 0.2) is 0 Å². The Hall–Kier alpha value is -3.44. The molecule has 0 spiro atoms. The van der Waals surface area contributed by atoms with Crippen LogP contribution in [0.25, 0.3) is 22.0 Å². The van der Waals surface area contributed by atoms with Crippen LogP contribution in [-0.2, 0) is 12.8 Å². The molecule has 0 bridgehead atoms. The number of aryl methyl sites for hydroxylation is 2. The minimum Gasteiger partial charge on any atom is -0.253 e. The van der Waals surface area contributed by atoms with Crippen LogP contribution in [0.3, 0.4) is 0 Å². The Labute approximate surface area is 172 Å². The molecule has 29 heavy (non-hydrogen) atoms. The summed E-state index contributed by atoms with van der Waals surface area (Å²) >= 11 is 0. The van der Waals surface area contributed by atoms with Gasteiger partial charge in [0, 0.05) is 11.1 Å². The summed E-state index contributed by atoms with van der Waals surface area (Å²) in [5.74, 6) is 0. The minimum absolute atomic E-state index is 0.708. The second-order valence-corrected chi connectivity index (χ2v) is 7.57. The predicted molar refractivity (Wildman–Crippen MR) is 120 cm³/mol. The number of pyridine rings is 1. The fourth-order valence-corrected chi connectivity index (χ4v) is 3.84. The lowest BCUT2D eigenvalue weighted by atomic mass is 9.96. The average Bonchev–Trinajstić information content (AvgIpc) is 2.75. The van der Waals surface area contributed by atoms with Crippen molar-refractivity contribution in [3.63, 3.8) is 0 Å². The summed E-state index contributed by atoms with van der Waals surface area (Å²) in [5, 5.41) is 10.6. The number of hydrogen-bond donors (Lipinski definition) is 0. The number of benzene rings is 3. The second kappa shape index (κ2) is 8.29. The third-order valence-corrected chi connectivity index (χ3v) is 5.33. The molecule has 0 unspecified atom stereocenters. The van der Waals surface area contributed by atoms with Crippen molar-refractivity contribution in [2.45, 2.75) is 33.1 Å². The Bertz CT molecular complexity index is 1200. The number of aromatic nitrogens is 1. The van der Waals surface area contributed by atoms with Gasteiger partial charge < -0.3 is 0 Å². The lowest BCUT2D eigenvalue weighted by Crippen LogP contribution is -2.00. The van der Waals surface area contributed by atoms with E-state index in [-0.39, 0.29) is 0 Å². The zero-order chi connectivity index (χ0) is 20.2. The van der Waals surface area contributed by atoms with Crippen LogP contribution in [0.5, 0.6) is 0 Å². The van der Waals surface area contributed by atoms with Crippen LogP contribution in [0, 0.1) is 18.3 Å². The Kier molecular flexibility index (Phi) is 5.40. The first-order valence-electron chi connectivity index (χ1n) is 10.2. The summed E-state index contributed by atoms with van der Waals surface area (Å²) in [4.78, 5) is 4.95. The lowest BCUT2D eigenvalue weighted by molar-refractivity contribution is 0.870. The highest BCUT2D eigenvalue weighted by atomic mass is 14.7. The van der Waals surface area contributed by atoms with Crippen LogP contribution in [0.4, 0.5) is 0 Å². The van der Waals surface area contributed by atoms with Gasteiger partial charge in [0.2, 0.25) is 0 Å². The molecule has 4 aromatic rings. The van der Waals surface area contributed by atoms with Gasteiger partial charge in [-0.2, -0.15) is 5.26 Å². The summed E-state index contributed by atoms with van der Waals surface area (Å²) < 4.78 is 0. The van der Waals surface area contributed by atoms with Gasteiger partial charge >= 0.3 is 0 Å². The molecule has 0 N–H and O–H groups in total. The number of hydrogen-bond acceptors (Lipinski definition) is 2. The zero-order valence-corrected chi connectivity index (χ0v) is 16.9. The topological polar surface area (TPSA) is 36.7 Å². The van der Waals surface area contributed by atoms with E-state index in [0.717, 1.165) is 35.9 Å². The zero-order valence-electron chi connectivity index (χ0n) is 16.9. The number of nitrogens with zero attached hydrogens (tertiary/aromatic N) is 2. The average molecular weight is 377 g/mol. The van der Waals surface area contributed by atoms with Gasteiger partial charge in [-0.1, -0.05) is 67.4 Å². The van der Waals surface area contributed by atoms with Gasteiger partial charge in [-0.05, 0) is 66.3 Å². The van der Waals surface area contributed by atoms with Crippen molar-refractivity contribution in [3.05, 3.63) is 101 Å². The first kappa shape index (κ1) is 18.9. The van der Waals surface area contributed by atoms with E-state index in [0.29, 0.717) is 5.56 Å². The third kappa shape index (κ3) is 4.05. The van der Waals surface area contributed by atoms with E-state index in [1.807, 2.05) is 24.3 Å². The largest absolute Gasteiger partial charge is 0.253 e. The summed E-state index contributed by atoms with van der Waals surface area (Å²) in [5.41, 5.74) is 8.86. The molecule has 1 aromatic heterocycles. The quantitative estimate of drug-likeness (QED) is 0.392. The predicted octanol–water partition coefficient (Wildman–Crippen LogP) is 6.63. The number of nitriles is 1. The molecular weight excluding hydrogens is 352 g/mol. The third-order valence-electron chi connectivity index (χ3n) is 5.33. The molecule has 142 valence electrons. The molecule has 0 fully saturated rings. The summed E-state index contributed by atoms with van der Waals surface area (Å²) in [6.07, 6.45) is 2.94. The molecule has 3 aromatic carbocycles. The SMILES string of the molecule is CCCc1nc2ccc(C)cc2cc1Cc1ccc(-c2ccccc2C#N)cc1. The van der Waals surface area contributed by atoms with Crippen LogP contribution in [0.15, 0.2) is 72.8 Å². The van der Waals surface area contributed by atoms with Gasteiger partial charge in [0.05, 0.1) is 17.1 Å². The molecule has 0 amide bonds. The highest BCUT2D eigenvalue weighted by Gasteiger charge is 2.09. The van der Waals surface area contributed by atoms with E-state index in [9.17, 15) is 5.26 Å². The van der Waals surface area contributed by atoms with Crippen molar-refractivity contribution in [1.82, 2.24) is 4.98 Å². The molecule has 2 heteroatoms. The molecule has 4 rings (SSSR count). The Morgan fingerprint density at radius 1 is 0.931 bits per heavy atom. The number of fused-ring (bicyclic) bond motifs is 1. The first-order valence-corrected chi connectivity index (χ1v) is 10.2. The van der Waals surface area contributed by atoms with E-state index < -0.39 is 0 Å². The van der Waals surface area contributed by atoms with Gasteiger partial charge in [-0.15, -0.1) is 0 Å². The van der Waals surface area contributed by atoms with Crippen molar-refractivity contribution in [2.24, 2.45) is 0 Å². The summed E-state index contributed by atoms with van der Waals surface area (Å²) in [6, 6.07) is 27.4. The van der Waals surface area contributed by atoms with Crippen molar-refractivity contribution in [2.75, 3.05) is 0 Å². The minimum atomic E-state index is 0.708. The van der Waals surface area contributed by atoms with Crippen molar-refractivity contribution < 1.29 is 0 Å². The van der Waals surface area contributed by atoms with Gasteiger partial charge in [0.1, 0.15) is 0 Å². The van der Waals surface area contributed by atoms with E-state index in [1.54, 1.807) is 0 Å². The molecular formula is C27H24N2. The summed E-state index contributed by atoms with van der Waals surface area (Å²) in [7, 11) is 0. The Morgan fingerprint density at radius 2 is 1.72 bits per heavy atom. The molecule has 0 aliphatic carbocycles. The number of rotatable bonds is 5. The maximum absolute atomic E-state index is 9.36. The highest BCUT2D eigenvalue weighted by molar-refractivity contribution is 5.80. The molecule has 0 aliphatic heterocycles. The van der Waals surface area contributed by atoms with Crippen LogP contribution in [0.2, 0.25) is 0 Å². The molecule has 0 saturated heterocycles. The standard InChI is InChI=1S/C27H24N2/c1-3-6-26-24(17-23-15-19(2)9-14-27(23)29-26)16-20-10-12-21(13-11-20)25-8-5-4-7-22(25)18-28/h4-5,7-15,17H,3,6,16H2,1-2H3. The second-order valence-electron chi connectivity index (χ2n) is 7.57. The van der Waals surface area contributed by atoms with Gasteiger partial charge in [-0.25, -0.2) is 0 Å². The maximum Gasteiger partial charge on any atom is 0.0998 e. The fourth-order valence-electron chi connectivity index (χ4n) is 3.84. The molecule has 2 nitrogen and oxygen atoms in total. The molecule has 0 aliphatic rings. The van der Waals surface area contributed by atoms with Crippen LogP contribution >= 0.6 is 0 Å². The first-order chi connectivity index (χ1) is 14.2. The molecule has 1 heterocycles. The monoisotopic (exact) mass is 376 g/mol. The van der Waals surface area contributed by atoms with Crippen LogP contribution < -0.4 is 0 Å².